The molecule has 2 atom stereocenters. The molecule has 0 radical (unpaired) electrons. The van der Waals surface area contributed by atoms with Gasteiger partial charge in [0.2, 0.25) is 11.9 Å². The summed E-state index contributed by atoms with van der Waals surface area (Å²) in [5, 5.41) is 12.5. The van der Waals surface area contributed by atoms with E-state index in [0.717, 1.165) is 23.0 Å². The first-order valence-electron chi connectivity index (χ1n) is 10.0. The Morgan fingerprint density at radius 2 is 2.03 bits per heavy atom. The Kier molecular flexibility index (Phi) is 5.32. The Bertz CT molecular complexity index is 1130. The lowest BCUT2D eigenvalue weighted by Gasteiger charge is -2.30. The molecule has 0 spiro atoms. The van der Waals surface area contributed by atoms with Crippen LogP contribution >= 0.6 is 0 Å². The highest BCUT2D eigenvalue weighted by Crippen LogP contribution is 2.40. The highest BCUT2D eigenvalue weighted by molar-refractivity contribution is 5.97. The van der Waals surface area contributed by atoms with Crippen LogP contribution in [0.2, 0.25) is 0 Å². The number of rotatable bonds is 6. The second-order valence-electron chi connectivity index (χ2n) is 7.78. The van der Waals surface area contributed by atoms with E-state index in [1.807, 2.05) is 47.0 Å². The van der Waals surface area contributed by atoms with Gasteiger partial charge in [0.05, 0.1) is 36.9 Å². The molecule has 4 rings (SSSR count). The standard InChI is InChI=1S/C23H24N4O3/c1-14(2)10-11-30-19-9-8-15(12-20(19)29-3)21-16(13-24)22(28)26-23-25-17-6-4-5-7-18(17)27(21)23/h4-9,12,14,16,21H,10-11H2,1-3H3,(H,25,26,28)/t16-,21-/m1/s1. The van der Waals surface area contributed by atoms with Gasteiger partial charge in [0.1, 0.15) is 0 Å². The van der Waals surface area contributed by atoms with Crippen molar-refractivity contribution in [2.45, 2.75) is 26.3 Å². The number of nitrogens with zero attached hydrogens (tertiary/aromatic N) is 3. The van der Waals surface area contributed by atoms with Crippen LogP contribution in [-0.2, 0) is 4.79 Å². The molecule has 1 N–H and O–H groups in total. The fourth-order valence-electron chi connectivity index (χ4n) is 3.76. The molecular weight excluding hydrogens is 380 g/mol. The van der Waals surface area contributed by atoms with Crippen molar-refractivity contribution in [1.82, 2.24) is 9.55 Å². The maximum absolute atomic E-state index is 12.6. The largest absolute Gasteiger partial charge is 0.493 e. The van der Waals surface area contributed by atoms with Gasteiger partial charge in [0.25, 0.3) is 0 Å². The number of anilines is 1. The summed E-state index contributed by atoms with van der Waals surface area (Å²) in [5.74, 6) is 0.944. The van der Waals surface area contributed by atoms with E-state index in [2.05, 4.69) is 30.2 Å². The van der Waals surface area contributed by atoms with Crippen molar-refractivity contribution in [1.29, 1.82) is 5.26 Å². The first kappa shape index (κ1) is 19.8. The average molecular weight is 404 g/mol. The van der Waals surface area contributed by atoms with Crippen LogP contribution in [0.4, 0.5) is 5.95 Å². The van der Waals surface area contributed by atoms with Crippen LogP contribution in [-0.4, -0.2) is 29.2 Å². The van der Waals surface area contributed by atoms with Crippen LogP contribution in [0.5, 0.6) is 11.5 Å². The minimum atomic E-state index is -0.896. The predicted molar refractivity (Wildman–Crippen MR) is 114 cm³/mol. The molecule has 2 heterocycles. The van der Waals surface area contributed by atoms with E-state index in [4.69, 9.17) is 9.47 Å². The van der Waals surface area contributed by atoms with E-state index in [1.54, 1.807) is 7.11 Å². The monoisotopic (exact) mass is 404 g/mol. The Morgan fingerprint density at radius 3 is 2.77 bits per heavy atom. The molecule has 7 heteroatoms. The lowest BCUT2D eigenvalue weighted by Crippen LogP contribution is -2.37. The van der Waals surface area contributed by atoms with Crippen LogP contribution in [0, 0.1) is 23.2 Å². The summed E-state index contributed by atoms with van der Waals surface area (Å²) in [5.41, 5.74) is 2.40. The maximum atomic E-state index is 12.6. The summed E-state index contributed by atoms with van der Waals surface area (Å²) in [6.07, 6.45) is 0.939. The zero-order valence-corrected chi connectivity index (χ0v) is 17.3. The van der Waals surface area contributed by atoms with Gasteiger partial charge in [-0.1, -0.05) is 32.0 Å². The van der Waals surface area contributed by atoms with Gasteiger partial charge in [-0.2, -0.15) is 5.26 Å². The SMILES string of the molecule is COc1cc([C@@H]2[C@@H](C#N)C(=O)Nc3nc4ccccc4n32)ccc1OCCC(C)C. The number of aromatic nitrogens is 2. The number of imidazole rings is 1. The van der Waals surface area contributed by atoms with Crippen molar-refractivity contribution in [3.63, 3.8) is 0 Å². The lowest BCUT2D eigenvalue weighted by molar-refractivity contribution is -0.119. The van der Waals surface area contributed by atoms with Gasteiger partial charge in [-0.05, 0) is 42.2 Å². The molecule has 0 fully saturated rings. The summed E-state index contributed by atoms with van der Waals surface area (Å²) in [6.45, 7) is 4.88. The van der Waals surface area contributed by atoms with Crippen molar-refractivity contribution in [2.24, 2.45) is 11.8 Å². The fourth-order valence-corrected chi connectivity index (χ4v) is 3.76. The van der Waals surface area contributed by atoms with Gasteiger partial charge in [0, 0.05) is 0 Å². The van der Waals surface area contributed by atoms with Gasteiger partial charge in [-0.3, -0.25) is 10.1 Å². The molecule has 1 amide bonds. The molecule has 0 saturated heterocycles. The molecule has 0 bridgehead atoms. The Balaban J connectivity index is 1.79. The van der Waals surface area contributed by atoms with E-state index in [-0.39, 0.29) is 5.91 Å². The third kappa shape index (κ3) is 3.45. The first-order chi connectivity index (χ1) is 14.5. The summed E-state index contributed by atoms with van der Waals surface area (Å²) in [4.78, 5) is 17.2. The number of methoxy groups -OCH3 is 1. The van der Waals surface area contributed by atoms with Gasteiger partial charge < -0.3 is 14.0 Å². The number of nitrogens with one attached hydrogen (secondary N) is 1. The fraction of sp³-hybridized carbons (Fsp3) is 0.348. The number of carbonyl (C=O) groups excluding carboxylic acids is 1. The van der Waals surface area contributed by atoms with Crippen molar-refractivity contribution in [3.05, 3.63) is 48.0 Å². The highest BCUT2D eigenvalue weighted by atomic mass is 16.5. The molecular formula is C23H24N4O3. The summed E-state index contributed by atoms with van der Waals surface area (Å²) < 4.78 is 13.4. The second kappa shape index (κ2) is 8.07. The topological polar surface area (TPSA) is 89.2 Å². The molecule has 1 aliphatic rings. The van der Waals surface area contributed by atoms with E-state index < -0.39 is 12.0 Å². The van der Waals surface area contributed by atoms with Crippen molar-refractivity contribution >= 4 is 22.9 Å². The summed E-state index contributed by atoms with van der Waals surface area (Å²) >= 11 is 0. The average Bonchev–Trinajstić information content (AvgIpc) is 3.10. The normalized spacial score (nSPS) is 18.0. The zero-order valence-electron chi connectivity index (χ0n) is 17.3. The van der Waals surface area contributed by atoms with E-state index in [9.17, 15) is 10.1 Å². The van der Waals surface area contributed by atoms with Crippen molar-refractivity contribution in [3.8, 4) is 17.6 Å². The summed E-state index contributed by atoms with van der Waals surface area (Å²) in [6, 6.07) is 14.8. The first-order valence-corrected chi connectivity index (χ1v) is 10.0. The number of nitriles is 1. The molecule has 154 valence electrons. The third-order valence-corrected chi connectivity index (χ3v) is 5.33. The molecule has 1 aliphatic heterocycles. The number of carbonyl (C=O) groups is 1. The van der Waals surface area contributed by atoms with Crippen LogP contribution in [0.15, 0.2) is 42.5 Å². The second-order valence-corrected chi connectivity index (χ2v) is 7.78. The van der Waals surface area contributed by atoms with Crippen molar-refractivity contribution in [2.75, 3.05) is 19.0 Å². The number of hydrogen-bond donors (Lipinski definition) is 1. The number of para-hydroxylation sites is 2. The number of benzene rings is 2. The van der Waals surface area contributed by atoms with Crippen molar-refractivity contribution < 1.29 is 14.3 Å². The quantitative estimate of drug-likeness (QED) is 0.667. The molecule has 3 aromatic rings. The highest BCUT2D eigenvalue weighted by Gasteiger charge is 2.39. The van der Waals surface area contributed by atoms with Gasteiger partial charge in [-0.15, -0.1) is 0 Å². The Labute approximate surface area is 175 Å². The molecule has 30 heavy (non-hydrogen) atoms. The van der Waals surface area contributed by atoms with Gasteiger partial charge >= 0.3 is 0 Å². The molecule has 1 aromatic heterocycles. The molecule has 0 saturated carbocycles. The van der Waals surface area contributed by atoms with E-state index >= 15 is 0 Å². The van der Waals surface area contributed by atoms with Crippen LogP contribution in [0.3, 0.4) is 0 Å². The molecule has 0 aliphatic carbocycles. The number of amides is 1. The molecule has 7 nitrogen and oxygen atoms in total. The Hall–Kier alpha value is -3.53. The molecule has 2 aromatic carbocycles. The van der Waals surface area contributed by atoms with Crippen LogP contribution in [0.25, 0.3) is 11.0 Å². The van der Waals surface area contributed by atoms with Gasteiger partial charge in [0.15, 0.2) is 17.4 Å². The smallest absolute Gasteiger partial charge is 0.246 e. The Morgan fingerprint density at radius 1 is 1.23 bits per heavy atom. The predicted octanol–water partition coefficient (Wildman–Crippen LogP) is 4.15. The van der Waals surface area contributed by atoms with E-state index in [1.165, 1.54) is 0 Å². The number of ether oxygens (including phenoxy) is 2. The number of fused-ring (bicyclic) bond motifs is 3. The van der Waals surface area contributed by atoms with Crippen LogP contribution < -0.4 is 14.8 Å². The maximum Gasteiger partial charge on any atom is 0.246 e. The third-order valence-electron chi connectivity index (χ3n) is 5.33. The van der Waals surface area contributed by atoms with Gasteiger partial charge in [-0.25, -0.2) is 4.98 Å². The molecule has 0 unspecified atom stereocenters. The van der Waals surface area contributed by atoms with Crippen LogP contribution in [0.1, 0.15) is 31.9 Å². The summed E-state index contributed by atoms with van der Waals surface area (Å²) in [7, 11) is 1.59. The lowest BCUT2D eigenvalue weighted by atomic mass is 9.91. The minimum Gasteiger partial charge on any atom is -0.493 e. The van der Waals surface area contributed by atoms with E-state index in [0.29, 0.717) is 30.0 Å². The minimum absolute atomic E-state index is 0.360. The number of hydrogen-bond acceptors (Lipinski definition) is 5. The zero-order chi connectivity index (χ0) is 21.3.